The molecule has 2 fully saturated rings. The summed E-state index contributed by atoms with van der Waals surface area (Å²) in [4.78, 5) is 22.9. The number of carbonyl (C=O) groups is 1. The highest BCUT2D eigenvalue weighted by Gasteiger charge is 2.41. The third-order valence-corrected chi connectivity index (χ3v) is 4.87. The second kappa shape index (κ2) is 7.19. The lowest BCUT2D eigenvalue weighted by molar-refractivity contribution is -0.181. The Morgan fingerprint density at radius 3 is 2.38 bits per heavy atom. The molecule has 2 aromatic rings. The van der Waals surface area contributed by atoms with Crippen LogP contribution in [0.5, 0.6) is 0 Å². The number of aromatic nitrogens is 2. The van der Waals surface area contributed by atoms with Gasteiger partial charge in [0.05, 0.1) is 25.6 Å². The predicted molar refractivity (Wildman–Crippen MR) is 96.5 cm³/mol. The van der Waals surface area contributed by atoms with Gasteiger partial charge in [0.15, 0.2) is 5.79 Å². The van der Waals surface area contributed by atoms with Gasteiger partial charge in [-0.25, -0.2) is 9.97 Å². The van der Waals surface area contributed by atoms with Crippen LogP contribution in [0, 0.1) is 0 Å². The van der Waals surface area contributed by atoms with Gasteiger partial charge in [0, 0.05) is 36.6 Å². The number of likely N-dealkylation sites (tertiary alicyclic amines) is 1. The van der Waals surface area contributed by atoms with Crippen molar-refractivity contribution in [2.45, 2.75) is 18.6 Å². The number of hydrogen-bond acceptors (Lipinski definition) is 6. The number of hydrogen-bond donors (Lipinski definition) is 1. The van der Waals surface area contributed by atoms with Crippen LogP contribution in [0.1, 0.15) is 23.3 Å². The van der Waals surface area contributed by atoms with Crippen LogP contribution in [0.4, 0.5) is 11.5 Å². The van der Waals surface area contributed by atoms with Gasteiger partial charge in [0.2, 0.25) is 0 Å². The number of halogens is 1. The van der Waals surface area contributed by atoms with Crippen LogP contribution in [-0.4, -0.2) is 52.9 Å². The molecule has 2 aliphatic rings. The number of benzene rings is 1. The van der Waals surface area contributed by atoms with Gasteiger partial charge in [-0.05, 0) is 24.3 Å². The van der Waals surface area contributed by atoms with Crippen molar-refractivity contribution in [2.24, 2.45) is 0 Å². The number of piperidine rings is 1. The lowest BCUT2D eigenvalue weighted by atomic mass is 10.0. The Bertz CT molecular complexity index is 766. The van der Waals surface area contributed by atoms with E-state index in [9.17, 15) is 4.79 Å². The SMILES string of the molecule is O=C(c1cnc(Nc2ccc(Cl)cc2)cn1)N1CCC2(CC1)OCCO2. The van der Waals surface area contributed by atoms with Crippen LogP contribution >= 0.6 is 11.6 Å². The Kier molecular flexibility index (Phi) is 4.76. The highest BCUT2D eigenvalue weighted by atomic mass is 35.5. The van der Waals surface area contributed by atoms with Gasteiger partial charge in [-0.3, -0.25) is 4.79 Å². The smallest absolute Gasteiger partial charge is 0.274 e. The van der Waals surface area contributed by atoms with E-state index in [-0.39, 0.29) is 5.91 Å². The summed E-state index contributed by atoms with van der Waals surface area (Å²) in [6.45, 7) is 2.43. The normalized spacial score (nSPS) is 18.9. The van der Waals surface area contributed by atoms with Crippen molar-refractivity contribution in [3.63, 3.8) is 0 Å². The van der Waals surface area contributed by atoms with E-state index in [1.807, 2.05) is 12.1 Å². The summed E-state index contributed by atoms with van der Waals surface area (Å²) in [5, 5.41) is 3.79. The molecule has 1 aromatic carbocycles. The molecule has 0 aliphatic carbocycles. The molecule has 26 heavy (non-hydrogen) atoms. The number of ether oxygens (including phenoxy) is 2. The maximum atomic E-state index is 12.6. The molecule has 3 heterocycles. The minimum atomic E-state index is -0.491. The van der Waals surface area contributed by atoms with Crippen LogP contribution in [0.25, 0.3) is 0 Å². The monoisotopic (exact) mass is 374 g/mol. The first-order chi connectivity index (χ1) is 12.6. The van der Waals surface area contributed by atoms with Crippen molar-refractivity contribution in [2.75, 3.05) is 31.6 Å². The molecular weight excluding hydrogens is 356 g/mol. The lowest BCUT2D eigenvalue weighted by Crippen LogP contribution is -2.47. The Hall–Kier alpha value is -2.22. The zero-order chi connectivity index (χ0) is 18.0. The summed E-state index contributed by atoms with van der Waals surface area (Å²) in [6, 6.07) is 7.27. The standard InChI is InChI=1S/C18H19ClN4O3/c19-13-1-3-14(4-2-13)22-16-12-20-15(11-21-16)17(24)23-7-5-18(6-8-23)25-9-10-26-18/h1-4,11-12H,5-10H2,(H,21,22). The number of carbonyl (C=O) groups excluding carboxylic acids is 1. The van der Waals surface area contributed by atoms with E-state index in [4.69, 9.17) is 21.1 Å². The molecule has 8 heteroatoms. The van der Waals surface area contributed by atoms with Crippen LogP contribution < -0.4 is 5.32 Å². The maximum absolute atomic E-state index is 12.6. The average molecular weight is 375 g/mol. The minimum absolute atomic E-state index is 0.122. The van der Waals surface area contributed by atoms with E-state index < -0.39 is 5.79 Å². The number of nitrogens with zero attached hydrogens (tertiary/aromatic N) is 3. The molecule has 1 N–H and O–H groups in total. The number of anilines is 2. The van der Waals surface area contributed by atoms with Crippen molar-refractivity contribution in [1.29, 1.82) is 0 Å². The Morgan fingerprint density at radius 2 is 1.77 bits per heavy atom. The van der Waals surface area contributed by atoms with E-state index in [0.717, 1.165) is 5.69 Å². The Balaban J connectivity index is 1.37. The van der Waals surface area contributed by atoms with Crippen LogP contribution in [0.2, 0.25) is 5.02 Å². The van der Waals surface area contributed by atoms with Crippen LogP contribution in [-0.2, 0) is 9.47 Å². The molecular formula is C18H19ClN4O3. The zero-order valence-electron chi connectivity index (χ0n) is 14.2. The summed E-state index contributed by atoms with van der Waals surface area (Å²) in [5.74, 6) is -0.0490. The van der Waals surface area contributed by atoms with E-state index >= 15 is 0 Å². The van der Waals surface area contributed by atoms with Gasteiger partial charge in [0.25, 0.3) is 5.91 Å². The fourth-order valence-corrected chi connectivity index (χ4v) is 3.31. The Labute approximate surface area is 156 Å². The minimum Gasteiger partial charge on any atom is -0.347 e. The third kappa shape index (κ3) is 3.65. The van der Waals surface area contributed by atoms with E-state index in [2.05, 4.69) is 15.3 Å². The van der Waals surface area contributed by atoms with Crippen molar-refractivity contribution >= 4 is 29.0 Å². The van der Waals surface area contributed by atoms with Crippen molar-refractivity contribution < 1.29 is 14.3 Å². The highest BCUT2D eigenvalue weighted by molar-refractivity contribution is 6.30. The lowest BCUT2D eigenvalue weighted by Gasteiger charge is -2.37. The molecule has 1 spiro atoms. The fourth-order valence-electron chi connectivity index (χ4n) is 3.18. The molecule has 1 amide bonds. The quantitative estimate of drug-likeness (QED) is 0.890. The second-order valence-corrected chi connectivity index (χ2v) is 6.76. The highest BCUT2D eigenvalue weighted by Crippen LogP contribution is 2.31. The molecule has 1 aromatic heterocycles. The van der Waals surface area contributed by atoms with Gasteiger partial charge in [-0.2, -0.15) is 0 Å². The van der Waals surface area contributed by atoms with E-state index in [1.165, 1.54) is 6.20 Å². The number of nitrogens with one attached hydrogen (secondary N) is 1. The van der Waals surface area contributed by atoms with E-state index in [0.29, 0.717) is 55.7 Å². The first-order valence-electron chi connectivity index (χ1n) is 8.55. The van der Waals surface area contributed by atoms with Gasteiger partial charge >= 0.3 is 0 Å². The van der Waals surface area contributed by atoms with Gasteiger partial charge < -0.3 is 19.7 Å². The first kappa shape index (κ1) is 17.2. The molecule has 0 radical (unpaired) electrons. The molecule has 2 aliphatic heterocycles. The van der Waals surface area contributed by atoms with E-state index in [1.54, 1.807) is 23.2 Å². The third-order valence-electron chi connectivity index (χ3n) is 4.61. The van der Waals surface area contributed by atoms with Crippen molar-refractivity contribution in [3.8, 4) is 0 Å². The molecule has 0 saturated carbocycles. The molecule has 2 saturated heterocycles. The summed E-state index contributed by atoms with van der Waals surface area (Å²) >= 11 is 5.87. The molecule has 0 atom stereocenters. The predicted octanol–water partition coefficient (Wildman–Crippen LogP) is 2.85. The maximum Gasteiger partial charge on any atom is 0.274 e. The molecule has 0 unspecified atom stereocenters. The van der Waals surface area contributed by atoms with Gasteiger partial charge in [0.1, 0.15) is 11.5 Å². The summed E-state index contributed by atoms with van der Waals surface area (Å²) in [6.07, 6.45) is 4.41. The molecule has 4 rings (SSSR count). The van der Waals surface area contributed by atoms with Crippen molar-refractivity contribution in [1.82, 2.24) is 14.9 Å². The number of rotatable bonds is 3. The van der Waals surface area contributed by atoms with Gasteiger partial charge in [-0.1, -0.05) is 11.6 Å². The summed E-state index contributed by atoms with van der Waals surface area (Å²) in [7, 11) is 0. The topological polar surface area (TPSA) is 76.6 Å². The molecule has 7 nitrogen and oxygen atoms in total. The first-order valence-corrected chi connectivity index (χ1v) is 8.93. The largest absolute Gasteiger partial charge is 0.347 e. The summed E-state index contributed by atoms with van der Waals surface area (Å²) in [5.41, 5.74) is 1.18. The Morgan fingerprint density at radius 1 is 1.08 bits per heavy atom. The van der Waals surface area contributed by atoms with Crippen LogP contribution in [0.3, 0.4) is 0 Å². The average Bonchev–Trinajstić information content (AvgIpc) is 3.12. The second-order valence-electron chi connectivity index (χ2n) is 6.32. The molecule has 136 valence electrons. The van der Waals surface area contributed by atoms with Gasteiger partial charge in [-0.15, -0.1) is 0 Å². The van der Waals surface area contributed by atoms with Crippen LogP contribution in [0.15, 0.2) is 36.7 Å². The molecule has 0 bridgehead atoms. The van der Waals surface area contributed by atoms with Crippen molar-refractivity contribution in [3.05, 3.63) is 47.4 Å². The summed E-state index contributed by atoms with van der Waals surface area (Å²) < 4.78 is 11.4. The number of amides is 1. The zero-order valence-corrected chi connectivity index (χ0v) is 14.9. The fraction of sp³-hybridized carbons (Fsp3) is 0.389.